The van der Waals surface area contributed by atoms with Crippen LogP contribution in [0.25, 0.3) is 22.2 Å². The Morgan fingerprint density at radius 2 is 1.88 bits per heavy atom. The minimum atomic E-state index is -0.922. The van der Waals surface area contributed by atoms with Gasteiger partial charge in [-0.2, -0.15) is 0 Å². The first-order chi connectivity index (χ1) is 19.7. The summed E-state index contributed by atoms with van der Waals surface area (Å²) in [5, 5.41) is 11.1. The lowest BCUT2D eigenvalue weighted by molar-refractivity contribution is 0.0386. The Kier molecular flexibility index (Phi) is 7.45. The second-order valence-corrected chi connectivity index (χ2v) is 12.3. The molecule has 2 aromatic carbocycles. The topological polar surface area (TPSA) is 78.5 Å². The number of hydrogen-bond acceptors (Lipinski definition) is 4. The van der Waals surface area contributed by atoms with E-state index in [4.69, 9.17) is 16.3 Å². The maximum atomic E-state index is 11.4. The van der Waals surface area contributed by atoms with Crippen LogP contribution in [-0.4, -0.2) is 45.3 Å². The van der Waals surface area contributed by atoms with Crippen LogP contribution < -0.4 is 4.74 Å². The number of H-pyrrole nitrogens is 1. The maximum absolute atomic E-state index is 11.4. The predicted molar refractivity (Wildman–Crippen MR) is 164 cm³/mol. The molecule has 2 aliphatic rings. The van der Waals surface area contributed by atoms with E-state index < -0.39 is 5.97 Å². The molecule has 1 aliphatic carbocycles. The Bertz CT molecular complexity index is 1630. The first-order valence-electron chi connectivity index (χ1n) is 14.1. The molecule has 1 atom stereocenters. The fourth-order valence-corrected chi connectivity index (χ4v) is 6.07. The molecule has 1 aliphatic heterocycles. The van der Waals surface area contributed by atoms with Crippen molar-refractivity contribution in [3.8, 4) is 5.75 Å². The molecular weight excluding hydrogens is 534 g/mol. The normalized spacial score (nSPS) is 19.3. The van der Waals surface area contributed by atoms with Crippen molar-refractivity contribution in [3.05, 3.63) is 106 Å². The molecule has 0 fully saturated rings. The van der Waals surface area contributed by atoms with Crippen molar-refractivity contribution in [2.45, 2.75) is 45.8 Å². The second kappa shape index (κ2) is 11.2. The molecule has 41 heavy (non-hydrogen) atoms. The van der Waals surface area contributed by atoms with Crippen molar-refractivity contribution in [2.75, 3.05) is 13.1 Å². The molecule has 3 heterocycles. The van der Waals surface area contributed by atoms with Gasteiger partial charge in [0.1, 0.15) is 11.4 Å². The van der Waals surface area contributed by atoms with Gasteiger partial charge in [-0.3, -0.25) is 4.90 Å². The molecule has 0 saturated heterocycles. The van der Waals surface area contributed by atoms with Gasteiger partial charge in [-0.1, -0.05) is 61.4 Å². The minimum Gasteiger partial charge on any atom is -0.478 e. The van der Waals surface area contributed by atoms with Crippen molar-refractivity contribution in [1.29, 1.82) is 0 Å². The van der Waals surface area contributed by atoms with E-state index in [0.29, 0.717) is 6.42 Å². The van der Waals surface area contributed by atoms with E-state index in [9.17, 15) is 9.90 Å². The van der Waals surface area contributed by atoms with Crippen LogP contribution in [0.4, 0.5) is 0 Å². The van der Waals surface area contributed by atoms with Crippen molar-refractivity contribution < 1.29 is 14.6 Å². The van der Waals surface area contributed by atoms with E-state index in [1.807, 2.05) is 42.6 Å². The number of halogens is 1. The quantitative estimate of drug-likeness (QED) is 0.236. The van der Waals surface area contributed by atoms with E-state index in [0.717, 1.165) is 65.3 Å². The summed E-state index contributed by atoms with van der Waals surface area (Å²) in [6.07, 6.45) is 9.58. The Labute approximate surface area is 245 Å². The number of ether oxygens (including phenoxy) is 1. The van der Waals surface area contributed by atoms with Crippen LogP contribution in [0.3, 0.4) is 0 Å². The largest absolute Gasteiger partial charge is 0.478 e. The number of benzene rings is 2. The third kappa shape index (κ3) is 6.09. The number of fused-ring (bicyclic) bond motifs is 1. The lowest BCUT2D eigenvalue weighted by Gasteiger charge is -2.39. The molecular formula is C34H34ClN3O3. The Morgan fingerprint density at radius 1 is 1.12 bits per heavy atom. The van der Waals surface area contributed by atoms with E-state index in [2.05, 4.69) is 46.9 Å². The number of pyridine rings is 1. The lowest BCUT2D eigenvalue weighted by Crippen LogP contribution is -2.44. The number of aromatic carboxylic acids is 1. The van der Waals surface area contributed by atoms with Crippen molar-refractivity contribution in [2.24, 2.45) is 5.41 Å². The van der Waals surface area contributed by atoms with Gasteiger partial charge in [0.15, 0.2) is 6.23 Å². The first-order valence-corrected chi connectivity index (χ1v) is 14.5. The van der Waals surface area contributed by atoms with Gasteiger partial charge in [0.05, 0.1) is 11.8 Å². The van der Waals surface area contributed by atoms with Crippen LogP contribution in [0.15, 0.2) is 84.7 Å². The molecule has 2 N–H and O–H groups in total. The lowest BCUT2D eigenvalue weighted by atomic mass is 9.72. The number of aromatic nitrogens is 2. The highest BCUT2D eigenvalue weighted by Gasteiger charge is 2.32. The van der Waals surface area contributed by atoms with Gasteiger partial charge in [-0.15, -0.1) is 0 Å². The number of nitrogens with zero attached hydrogens (tertiary/aromatic N) is 2. The van der Waals surface area contributed by atoms with Gasteiger partial charge in [0, 0.05) is 36.1 Å². The SMILES string of the molecule is CC1(C)CCC(CN2CC=C(c3ccc(C(=O)O)cc3)CC2Oc2cnc3[nH]ccc3c2)=C(c2ccc(Cl)cc2)C1. The number of aromatic amines is 1. The first kappa shape index (κ1) is 27.3. The fourth-order valence-electron chi connectivity index (χ4n) is 5.94. The smallest absolute Gasteiger partial charge is 0.335 e. The number of rotatable bonds is 7. The number of hydrogen-bond donors (Lipinski definition) is 2. The third-order valence-corrected chi connectivity index (χ3v) is 8.55. The van der Waals surface area contributed by atoms with Crippen LogP contribution in [-0.2, 0) is 0 Å². The highest BCUT2D eigenvalue weighted by molar-refractivity contribution is 6.30. The van der Waals surface area contributed by atoms with Crippen LogP contribution in [0.2, 0.25) is 5.02 Å². The molecule has 1 unspecified atom stereocenters. The number of allylic oxidation sites excluding steroid dienone is 1. The van der Waals surface area contributed by atoms with Crippen LogP contribution >= 0.6 is 11.6 Å². The van der Waals surface area contributed by atoms with Crippen molar-refractivity contribution in [1.82, 2.24) is 14.9 Å². The summed E-state index contributed by atoms with van der Waals surface area (Å²) < 4.78 is 6.67. The van der Waals surface area contributed by atoms with Gasteiger partial charge in [0.2, 0.25) is 0 Å². The number of carboxylic acid groups (broad SMARTS) is 1. The molecule has 0 amide bonds. The summed E-state index contributed by atoms with van der Waals surface area (Å²) >= 11 is 6.23. The number of carboxylic acids is 1. The standard InChI is InChI=1S/C34H34ClN3O3/c1-34(2)14-11-27(30(19-34)23-7-9-28(35)10-8-23)21-38-16-13-25(22-3-5-24(6-4-22)33(39)40)18-31(38)41-29-17-26-12-15-36-32(26)37-20-29/h3-10,12-13,15,17,20,31H,11,14,16,18-19,21H2,1-2H3,(H,36,37)(H,39,40). The maximum Gasteiger partial charge on any atom is 0.335 e. The summed E-state index contributed by atoms with van der Waals surface area (Å²) in [7, 11) is 0. The molecule has 4 aromatic rings. The molecule has 6 nitrogen and oxygen atoms in total. The Hall–Kier alpha value is -3.87. The van der Waals surface area contributed by atoms with Crippen LogP contribution in [0.1, 0.15) is 61.0 Å². The fraction of sp³-hybridized carbons (Fsp3) is 0.294. The molecule has 0 saturated carbocycles. The van der Waals surface area contributed by atoms with Crippen molar-refractivity contribution >= 4 is 39.7 Å². The summed E-state index contributed by atoms with van der Waals surface area (Å²) in [6.45, 7) is 6.23. The molecule has 7 heteroatoms. The van der Waals surface area contributed by atoms with Gasteiger partial charge < -0.3 is 14.8 Å². The number of nitrogens with one attached hydrogen (secondary N) is 1. The zero-order valence-electron chi connectivity index (χ0n) is 23.4. The van der Waals surface area contributed by atoms with E-state index in [1.54, 1.807) is 18.3 Å². The van der Waals surface area contributed by atoms with Gasteiger partial charge in [0.25, 0.3) is 0 Å². The Balaban J connectivity index is 1.33. The zero-order valence-corrected chi connectivity index (χ0v) is 24.1. The molecule has 6 rings (SSSR count). The van der Waals surface area contributed by atoms with Gasteiger partial charge in [-0.25, -0.2) is 9.78 Å². The average Bonchev–Trinajstić information content (AvgIpc) is 3.43. The molecule has 0 bridgehead atoms. The van der Waals surface area contributed by atoms with Gasteiger partial charge >= 0.3 is 5.97 Å². The highest BCUT2D eigenvalue weighted by Crippen LogP contribution is 2.44. The predicted octanol–water partition coefficient (Wildman–Crippen LogP) is 8.07. The molecule has 210 valence electrons. The summed E-state index contributed by atoms with van der Waals surface area (Å²) in [5.41, 5.74) is 7.62. The molecule has 0 radical (unpaired) electrons. The zero-order chi connectivity index (χ0) is 28.6. The van der Waals surface area contributed by atoms with Crippen molar-refractivity contribution in [3.63, 3.8) is 0 Å². The van der Waals surface area contributed by atoms with E-state index in [-0.39, 0.29) is 17.2 Å². The third-order valence-electron chi connectivity index (χ3n) is 8.30. The second-order valence-electron chi connectivity index (χ2n) is 11.8. The van der Waals surface area contributed by atoms with E-state index in [1.165, 1.54) is 16.7 Å². The average molecular weight is 568 g/mol. The van der Waals surface area contributed by atoms with Gasteiger partial charge in [-0.05, 0) is 83.3 Å². The Morgan fingerprint density at radius 3 is 2.63 bits per heavy atom. The monoisotopic (exact) mass is 567 g/mol. The summed E-state index contributed by atoms with van der Waals surface area (Å²) in [6, 6.07) is 19.4. The summed E-state index contributed by atoms with van der Waals surface area (Å²) in [4.78, 5) is 21.5. The van der Waals surface area contributed by atoms with Crippen LogP contribution in [0, 0.1) is 5.41 Å². The van der Waals surface area contributed by atoms with E-state index >= 15 is 0 Å². The molecule has 0 spiro atoms. The summed E-state index contributed by atoms with van der Waals surface area (Å²) in [5.74, 6) is -0.194. The van der Waals surface area contributed by atoms with Crippen LogP contribution in [0.5, 0.6) is 5.75 Å². The highest BCUT2D eigenvalue weighted by atomic mass is 35.5. The minimum absolute atomic E-state index is 0.207. The molecule has 2 aromatic heterocycles. The number of carbonyl (C=O) groups is 1.